The summed E-state index contributed by atoms with van der Waals surface area (Å²) in [4.78, 5) is 21.2. The summed E-state index contributed by atoms with van der Waals surface area (Å²) in [6.45, 7) is 11.3. The molecule has 2 N–H and O–H groups in total. The van der Waals surface area contributed by atoms with Gasteiger partial charge in [-0.1, -0.05) is 39.0 Å². The van der Waals surface area contributed by atoms with Gasteiger partial charge in [-0.3, -0.25) is 0 Å². The van der Waals surface area contributed by atoms with Gasteiger partial charge >= 0.3 is 5.97 Å². The van der Waals surface area contributed by atoms with Crippen molar-refractivity contribution in [3.63, 3.8) is 0 Å². The minimum Gasteiger partial charge on any atom is -0.456 e. The summed E-state index contributed by atoms with van der Waals surface area (Å²) in [5.41, 5.74) is 7.20. The molecule has 0 saturated carbocycles. The maximum absolute atomic E-state index is 12.8. The SMILES string of the molecule is CC(C)(C)[Si](C)(C)OC[C@H]1O[C@@H](n2ccc3c(N)ncnc32)C[C@H]1OC(=O)c1ccccc1. The van der Waals surface area contributed by atoms with Crippen molar-refractivity contribution >= 4 is 31.1 Å². The van der Waals surface area contributed by atoms with Gasteiger partial charge in [-0.05, 0) is 36.3 Å². The summed E-state index contributed by atoms with van der Waals surface area (Å²) >= 11 is 0. The van der Waals surface area contributed by atoms with Crippen LogP contribution in [0.3, 0.4) is 0 Å². The van der Waals surface area contributed by atoms with E-state index in [4.69, 9.17) is 19.6 Å². The summed E-state index contributed by atoms with van der Waals surface area (Å²) in [7, 11) is -2.01. The fraction of sp³-hybridized carbons (Fsp3) is 0.458. The molecule has 0 radical (unpaired) electrons. The van der Waals surface area contributed by atoms with Gasteiger partial charge in [0.25, 0.3) is 0 Å². The molecule has 33 heavy (non-hydrogen) atoms. The van der Waals surface area contributed by atoms with Gasteiger partial charge < -0.3 is 24.2 Å². The number of anilines is 1. The molecule has 0 spiro atoms. The number of nitrogens with two attached hydrogens (primary N) is 1. The van der Waals surface area contributed by atoms with Crippen molar-refractivity contribution in [1.29, 1.82) is 0 Å². The van der Waals surface area contributed by atoms with Gasteiger partial charge in [0, 0.05) is 12.6 Å². The number of hydrogen-bond acceptors (Lipinski definition) is 7. The minimum atomic E-state index is -2.01. The lowest BCUT2D eigenvalue weighted by Gasteiger charge is -2.37. The molecule has 1 aliphatic rings. The highest BCUT2D eigenvalue weighted by molar-refractivity contribution is 6.74. The lowest BCUT2D eigenvalue weighted by molar-refractivity contribution is -0.0474. The molecule has 1 fully saturated rings. The first-order valence-electron chi connectivity index (χ1n) is 11.2. The zero-order chi connectivity index (χ0) is 23.8. The third kappa shape index (κ3) is 4.80. The number of hydrogen-bond donors (Lipinski definition) is 1. The summed E-state index contributed by atoms with van der Waals surface area (Å²) in [6, 6.07) is 10.9. The Morgan fingerprint density at radius 3 is 2.64 bits per heavy atom. The Labute approximate surface area is 195 Å². The number of aromatic nitrogens is 3. The van der Waals surface area contributed by atoms with Gasteiger partial charge in [0.2, 0.25) is 0 Å². The number of ether oxygens (including phenoxy) is 2. The largest absolute Gasteiger partial charge is 0.456 e. The predicted molar refractivity (Wildman–Crippen MR) is 129 cm³/mol. The van der Waals surface area contributed by atoms with Crippen LogP contribution in [0.2, 0.25) is 18.1 Å². The fourth-order valence-electron chi connectivity index (χ4n) is 3.65. The van der Waals surface area contributed by atoms with Gasteiger partial charge in [0.15, 0.2) is 8.32 Å². The standard InChI is InChI=1S/C24H32N4O4Si/c1-24(2,3)33(4,5)30-14-19-18(32-23(29)16-9-7-6-8-10-16)13-20(31-19)28-12-11-17-21(25)26-15-27-22(17)28/h6-12,15,18-20H,13-14H2,1-5H3,(H2,25,26,27)/t18-,19-,20-/m1/s1. The van der Waals surface area contributed by atoms with Crippen LogP contribution in [0.5, 0.6) is 0 Å². The van der Waals surface area contributed by atoms with Crippen LogP contribution in [0, 0.1) is 0 Å². The van der Waals surface area contributed by atoms with E-state index < -0.39 is 20.5 Å². The molecule has 0 aliphatic carbocycles. The second-order valence-electron chi connectivity index (χ2n) is 9.97. The van der Waals surface area contributed by atoms with Crippen LogP contribution in [-0.4, -0.2) is 47.6 Å². The van der Waals surface area contributed by atoms with Crippen LogP contribution in [0.15, 0.2) is 48.9 Å². The molecule has 3 heterocycles. The Bertz CT molecular complexity index is 1130. The Hall–Kier alpha value is -2.75. The van der Waals surface area contributed by atoms with E-state index in [0.717, 1.165) is 5.39 Å². The molecule has 0 unspecified atom stereocenters. The normalized spacial score (nSPS) is 21.4. The van der Waals surface area contributed by atoms with Gasteiger partial charge in [-0.25, -0.2) is 14.8 Å². The first-order valence-corrected chi connectivity index (χ1v) is 14.1. The lowest BCUT2D eigenvalue weighted by Crippen LogP contribution is -2.44. The number of carbonyl (C=O) groups excluding carboxylic acids is 1. The molecule has 1 aromatic carbocycles. The van der Waals surface area contributed by atoms with Gasteiger partial charge in [0.1, 0.15) is 36.2 Å². The third-order valence-electron chi connectivity index (χ3n) is 6.71. The predicted octanol–water partition coefficient (Wildman–Crippen LogP) is 4.55. The Morgan fingerprint density at radius 2 is 1.94 bits per heavy atom. The quantitative estimate of drug-likeness (QED) is 0.418. The van der Waals surface area contributed by atoms with Crippen molar-refractivity contribution in [3.05, 3.63) is 54.5 Å². The summed E-state index contributed by atoms with van der Waals surface area (Å²) in [5.74, 6) is 0.0488. The van der Waals surface area contributed by atoms with Gasteiger partial charge in [-0.15, -0.1) is 0 Å². The Balaban J connectivity index is 1.57. The van der Waals surface area contributed by atoms with Gasteiger partial charge in [-0.2, -0.15) is 0 Å². The Morgan fingerprint density at radius 1 is 1.21 bits per heavy atom. The zero-order valence-electron chi connectivity index (χ0n) is 19.8. The summed E-state index contributed by atoms with van der Waals surface area (Å²) < 4.78 is 20.7. The van der Waals surface area contributed by atoms with Crippen LogP contribution in [0.4, 0.5) is 5.82 Å². The number of nitrogens with zero attached hydrogens (tertiary/aromatic N) is 3. The number of rotatable bonds is 6. The Kier molecular flexibility index (Phi) is 6.30. The molecular weight excluding hydrogens is 436 g/mol. The first kappa shape index (κ1) is 23.4. The summed E-state index contributed by atoms with van der Waals surface area (Å²) in [5, 5.41) is 0.826. The first-order chi connectivity index (χ1) is 15.6. The van der Waals surface area contributed by atoms with Crippen LogP contribution in [0.1, 0.15) is 43.8 Å². The molecule has 1 saturated heterocycles. The molecule has 4 rings (SSSR count). The van der Waals surface area contributed by atoms with Crippen LogP contribution in [0.25, 0.3) is 11.0 Å². The monoisotopic (exact) mass is 468 g/mol. The molecule has 0 amide bonds. The van der Waals surface area contributed by atoms with Gasteiger partial charge in [0.05, 0.1) is 17.6 Å². The molecule has 8 nitrogen and oxygen atoms in total. The van der Waals surface area contributed by atoms with Crippen molar-refractivity contribution in [3.8, 4) is 0 Å². The van der Waals surface area contributed by atoms with Crippen LogP contribution >= 0.6 is 0 Å². The number of fused-ring (bicyclic) bond motifs is 1. The minimum absolute atomic E-state index is 0.0618. The number of nitrogen functional groups attached to an aromatic ring is 1. The smallest absolute Gasteiger partial charge is 0.338 e. The van der Waals surface area contributed by atoms with Crippen LogP contribution < -0.4 is 5.73 Å². The molecule has 3 atom stereocenters. The molecule has 9 heteroatoms. The van der Waals surface area contributed by atoms with Crippen molar-refractivity contribution in [2.75, 3.05) is 12.3 Å². The van der Waals surface area contributed by atoms with Crippen molar-refractivity contribution in [1.82, 2.24) is 14.5 Å². The highest BCUT2D eigenvalue weighted by Crippen LogP contribution is 2.39. The fourth-order valence-corrected chi connectivity index (χ4v) is 4.67. The lowest BCUT2D eigenvalue weighted by atomic mass is 10.1. The van der Waals surface area contributed by atoms with Crippen molar-refractivity contribution in [2.45, 2.75) is 63.8 Å². The van der Waals surface area contributed by atoms with E-state index in [1.807, 2.05) is 35.0 Å². The van der Waals surface area contributed by atoms with E-state index >= 15 is 0 Å². The van der Waals surface area contributed by atoms with E-state index in [1.165, 1.54) is 6.33 Å². The second-order valence-corrected chi connectivity index (χ2v) is 14.8. The molecule has 176 valence electrons. The number of esters is 1. The average Bonchev–Trinajstić information content (AvgIpc) is 3.37. The maximum atomic E-state index is 12.8. The second kappa shape index (κ2) is 8.89. The highest BCUT2D eigenvalue weighted by atomic mass is 28.4. The number of benzene rings is 1. The molecular formula is C24H32N4O4Si. The van der Waals surface area contributed by atoms with E-state index in [9.17, 15) is 4.79 Å². The van der Waals surface area contributed by atoms with E-state index in [1.54, 1.807) is 12.1 Å². The molecule has 0 bridgehead atoms. The summed E-state index contributed by atoms with van der Waals surface area (Å²) in [6.07, 6.45) is 2.59. The average molecular weight is 469 g/mol. The van der Waals surface area contributed by atoms with E-state index in [0.29, 0.717) is 30.1 Å². The van der Waals surface area contributed by atoms with E-state index in [2.05, 4.69) is 43.8 Å². The van der Waals surface area contributed by atoms with Crippen LogP contribution in [-0.2, 0) is 13.9 Å². The molecule has 2 aromatic heterocycles. The molecule has 3 aromatic rings. The number of carbonyl (C=O) groups is 1. The molecule has 1 aliphatic heterocycles. The van der Waals surface area contributed by atoms with Crippen molar-refractivity contribution in [2.24, 2.45) is 0 Å². The highest BCUT2D eigenvalue weighted by Gasteiger charge is 2.43. The topological polar surface area (TPSA) is 101 Å². The zero-order valence-corrected chi connectivity index (χ0v) is 20.8. The maximum Gasteiger partial charge on any atom is 0.338 e. The van der Waals surface area contributed by atoms with E-state index in [-0.39, 0.29) is 17.2 Å². The van der Waals surface area contributed by atoms with Crippen molar-refractivity contribution < 1.29 is 18.7 Å². The third-order valence-corrected chi connectivity index (χ3v) is 11.2.